The number of nitrogens with zero attached hydrogens (tertiary/aromatic N) is 2. The van der Waals surface area contributed by atoms with E-state index in [2.05, 4.69) is 56.6 Å². The number of fused-ring (bicyclic) bond motifs is 1. The monoisotopic (exact) mass is 338 g/mol. The molecule has 0 saturated carbocycles. The average Bonchev–Trinajstić information content (AvgIpc) is 2.53. The lowest BCUT2D eigenvalue weighted by molar-refractivity contribution is 0.381. The summed E-state index contributed by atoms with van der Waals surface area (Å²) in [4.78, 5) is 6.96. The molecule has 1 unspecified atom stereocenters. The first-order chi connectivity index (χ1) is 11.8. The number of aryl methyl sites for hydroxylation is 1. The molecule has 1 aliphatic heterocycles. The van der Waals surface area contributed by atoms with Crippen molar-refractivity contribution in [3.8, 4) is 0 Å². The molecular weight excluding hydrogens is 311 g/mol. The van der Waals surface area contributed by atoms with Gasteiger partial charge in [-0.25, -0.2) is 4.39 Å². The molecule has 0 spiro atoms. The zero-order valence-electron chi connectivity index (χ0n) is 15.8. The highest BCUT2D eigenvalue weighted by Gasteiger charge is 2.35. The topological polar surface area (TPSA) is 15.6 Å². The summed E-state index contributed by atoms with van der Waals surface area (Å²) in [6, 6.07) is 10.9. The highest BCUT2D eigenvalue weighted by molar-refractivity contribution is 5.86. The van der Waals surface area contributed by atoms with Crippen LogP contribution in [-0.2, 0) is 0 Å². The molecule has 2 aromatic rings. The van der Waals surface area contributed by atoms with Gasteiger partial charge in [-0.2, -0.15) is 0 Å². The van der Waals surface area contributed by atoms with Crippen molar-refractivity contribution in [3.05, 3.63) is 58.9 Å². The molecule has 2 aromatic carbocycles. The van der Waals surface area contributed by atoms with Crippen LogP contribution < -0.4 is 4.90 Å². The molecule has 0 aromatic heterocycles. The molecule has 1 heterocycles. The highest BCUT2D eigenvalue weighted by atomic mass is 19.1. The molecular formula is C22H27FN2. The van der Waals surface area contributed by atoms with Crippen molar-refractivity contribution in [3.63, 3.8) is 0 Å². The molecule has 1 atom stereocenters. The van der Waals surface area contributed by atoms with Crippen LogP contribution >= 0.6 is 0 Å². The Labute approximate surface area is 150 Å². The maximum atomic E-state index is 13.3. The van der Waals surface area contributed by atoms with E-state index in [0.717, 1.165) is 18.5 Å². The second-order valence-electron chi connectivity index (χ2n) is 7.67. The lowest BCUT2D eigenvalue weighted by atomic mass is 9.79. The van der Waals surface area contributed by atoms with Gasteiger partial charge in [-0.1, -0.05) is 13.0 Å². The molecule has 3 heteroatoms. The number of anilines is 1. The predicted molar refractivity (Wildman–Crippen MR) is 105 cm³/mol. The van der Waals surface area contributed by atoms with Crippen molar-refractivity contribution < 1.29 is 4.39 Å². The minimum absolute atomic E-state index is 0.171. The Kier molecular flexibility index (Phi) is 4.68. The Morgan fingerprint density at radius 1 is 1.28 bits per heavy atom. The Morgan fingerprint density at radius 2 is 2.04 bits per heavy atom. The van der Waals surface area contributed by atoms with Crippen LogP contribution in [0.15, 0.2) is 41.4 Å². The van der Waals surface area contributed by atoms with Crippen LogP contribution in [0.25, 0.3) is 0 Å². The van der Waals surface area contributed by atoms with Gasteiger partial charge in [0.15, 0.2) is 0 Å². The summed E-state index contributed by atoms with van der Waals surface area (Å²) >= 11 is 0. The van der Waals surface area contributed by atoms with E-state index in [0.29, 0.717) is 11.6 Å². The summed E-state index contributed by atoms with van der Waals surface area (Å²) in [5, 5.41) is 0. The van der Waals surface area contributed by atoms with Crippen LogP contribution in [0.2, 0.25) is 0 Å². The van der Waals surface area contributed by atoms with Crippen molar-refractivity contribution in [2.45, 2.75) is 52.5 Å². The van der Waals surface area contributed by atoms with E-state index in [9.17, 15) is 4.39 Å². The van der Waals surface area contributed by atoms with Crippen LogP contribution in [0.3, 0.4) is 0 Å². The first kappa shape index (κ1) is 17.7. The van der Waals surface area contributed by atoms with E-state index >= 15 is 0 Å². The average molecular weight is 338 g/mol. The smallest absolute Gasteiger partial charge is 0.125 e. The fourth-order valence-electron chi connectivity index (χ4n) is 4.09. The number of benzene rings is 2. The van der Waals surface area contributed by atoms with Gasteiger partial charge >= 0.3 is 0 Å². The summed E-state index contributed by atoms with van der Waals surface area (Å²) in [5.74, 6) is 0.251. The molecule has 2 nitrogen and oxygen atoms in total. The number of hydrogen-bond donors (Lipinski definition) is 0. The summed E-state index contributed by atoms with van der Waals surface area (Å²) < 4.78 is 13.3. The van der Waals surface area contributed by atoms with E-state index in [1.54, 1.807) is 6.07 Å². The molecule has 0 saturated heterocycles. The van der Waals surface area contributed by atoms with Gasteiger partial charge in [-0.05, 0) is 87.1 Å². The highest BCUT2D eigenvalue weighted by Crippen LogP contribution is 2.44. The second-order valence-corrected chi connectivity index (χ2v) is 7.67. The Bertz CT molecular complexity index is 808. The predicted octanol–water partition coefficient (Wildman–Crippen LogP) is 6.00. The maximum absolute atomic E-state index is 13.3. The molecule has 0 fully saturated rings. The Hall–Kier alpha value is -2.16. The van der Waals surface area contributed by atoms with Crippen molar-refractivity contribution in [1.29, 1.82) is 0 Å². The third-order valence-electron chi connectivity index (χ3n) is 5.25. The minimum Gasteiger partial charge on any atom is -0.366 e. The third-order valence-corrected chi connectivity index (χ3v) is 5.25. The van der Waals surface area contributed by atoms with Gasteiger partial charge in [-0.15, -0.1) is 0 Å². The zero-order valence-corrected chi connectivity index (χ0v) is 15.8. The van der Waals surface area contributed by atoms with E-state index in [1.165, 1.54) is 28.9 Å². The molecule has 3 rings (SSSR count). The Balaban J connectivity index is 2.00. The summed E-state index contributed by atoms with van der Waals surface area (Å²) in [5.41, 5.74) is 5.83. The van der Waals surface area contributed by atoms with Crippen molar-refractivity contribution >= 4 is 17.6 Å². The SMILES string of the molecule is CCN1c2cc(C)c(C=Nc3cccc(F)c3)cc2C(C)CC1(C)C. The first-order valence-corrected chi connectivity index (χ1v) is 9.03. The van der Waals surface area contributed by atoms with Gasteiger partial charge < -0.3 is 4.90 Å². The van der Waals surface area contributed by atoms with Crippen molar-refractivity contribution in [2.24, 2.45) is 4.99 Å². The largest absolute Gasteiger partial charge is 0.366 e. The molecule has 25 heavy (non-hydrogen) atoms. The minimum atomic E-state index is -0.258. The van der Waals surface area contributed by atoms with Crippen LogP contribution in [0.5, 0.6) is 0 Å². The van der Waals surface area contributed by atoms with Crippen LogP contribution in [0.1, 0.15) is 56.7 Å². The fraction of sp³-hybridized carbons (Fsp3) is 0.409. The fourth-order valence-corrected chi connectivity index (χ4v) is 4.09. The van der Waals surface area contributed by atoms with Crippen LogP contribution in [-0.4, -0.2) is 18.3 Å². The molecule has 0 aliphatic carbocycles. The van der Waals surface area contributed by atoms with E-state index in [1.807, 2.05) is 12.3 Å². The maximum Gasteiger partial charge on any atom is 0.125 e. The van der Waals surface area contributed by atoms with Gasteiger partial charge in [-0.3, -0.25) is 4.99 Å². The first-order valence-electron chi connectivity index (χ1n) is 9.03. The summed E-state index contributed by atoms with van der Waals surface area (Å²) in [7, 11) is 0. The van der Waals surface area contributed by atoms with Gasteiger partial charge in [0, 0.05) is 24.0 Å². The van der Waals surface area contributed by atoms with Crippen molar-refractivity contribution in [2.75, 3.05) is 11.4 Å². The molecule has 0 amide bonds. The van der Waals surface area contributed by atoms with E-state index in [4.69, 9.17) is 0 Å². The van der Waals surface area contributed by atoms with E-state index in [-0.39, 0.29) is 11.4 Å². The number of aliphatic imine (C=N–C) groups is 1. The van der Waals surface area contributed by atoms with Crippen molar-refractivity contribution in [1.82, 2.24) is 0 Å². The number of rotatable bonds is 3. The molecule has 1 aliphatic rings. The number of halogens is 1. The molecule has 132 valence electrons. The zero-order chi connectivity index (χ0) is 18.2. The molecule has 0 bridgehead atoms. The second kappa shape index (κ2) is 6.62. The molecule has 0 radical (unpaired) electrons. The van der Waals surface area contributed by atoms with Gasteiger partial charge in [0.1, 0.15) is 5.82 Å². The quantitative estimate of drug-likeness (QED) is 0.627. The van der Waals surface area contributed by atoms with Gasteiger partial charge in [0.05, 0.1) is 5.69 Å². The van der Waals surface area contributed by atoms with Gasteiger partial charge in [0.2, 0.25) is 0 Å². The lowest BCUT2D eigenvalue weighted by Gasteiger charge is -2.47. The lowest BCUT2D eigenvalue weighted by Crippen LogP contribution is -2.48. The van der Waals surface area contributed by atoms with Gasteiger partial charge in [0.25, 0.3) is 0 Å². The summed E-state index contributed by atoms with van der Waals surface area (Å²) in [6.07, 6.45) is 2.99. The standard InChI is InChI=1S/C22H27FN2/c1-6-25-21-10-15(2)17(11-20(21)16(3)13-22(25,4)5)14-24-19-9-7-8-18(23)12-19/h7-12,14,16H,6,13H2,1-5H3. The van der Waals surface area contributed by atoms with Crippen LogP contribution in [0, 0.1) is 12.7 Å². The van der Waals surface area contributed by atoms with E-state index < -0.39 is 0 Å². The Morgan fingerprint density at radius 3 is 2.72 bits per heavy atom. The number of hydrogen-bond acceptors (Lipinski definition) is 2. The van der Waals surface area contributed by atoms with Crippen LogP contribution in [0.4, 0.5) is 15.8 Å². The third kappa shape index (κ3) is 3.46. The summed E-state index contributed by atoms with van der Waals surface area (Å²) in [6.45, 7) is 12.3. The normalized spacial score (nSPS) is 19.3. The molecule has 0 N–H and O–H groups in total.